The third-order valence-corrected chi connectivity index (χ3v) is 7.63. The van der Waals surface area contributed by atoms with E-state index in [1.54, 1.807) is 0 Å². The smallest absolute Gasteiger partial charge is 0.328 e. The fourth-order valence-electron chi connectivity index (χ4n) is 4.72. The molecule has 38 heavy (non-hydrogen) atoms. The average Bonchev–Trinajstić information content (AvgIpc) is 2.92. The summed E-state index contributed by atoms with van der Waals surface area (Å²) in [7, 11) is 0. The first-order valence-electron chi connectivity index (χ1n) is 16.0. The van der Waals surface area contributed by atoms with Gasteiger partial charge in [0.2, 0.25) is 0 Å². The van der Waals surface area contributed by atoms with Crippen molar-refractivity contribution in [1.82, 2.24) is 0 Å². The molecule has 0 spiro atoms. The van der Waals surface area contributed by atoms with E-state index in [1.807, 2.05) is 0 Å². The van der Waals surface area contributed by atoms with E-state index in [9.17, 15) is 9.59 Å². The SMILES string of the molecule is CCCC[N+](CC)(CCCC)CCCC.CCCC[N+](CC)(CCCC)CCCC.O=C(O)/C=C/C(=O)O. The van der Waals surface area contributed by atoms with Gasteiger partial charge in [-0.05, 0) is 52.4 Å². The summed E-state index contributed by atoms with van der Waals surface area (Å²) in [6.07, 6.45) is 17.6. The van der Waals surface area contributed by atoms with Crippen molar-refractivity contribution in [3.63, 3.8) is 0 Å². The Morgan fingerprint density at radius 1 is 0.447 bits per heavy atom. The van der Waals surface area contributed by atoms with E-state index in [1.165, 1.54) is 138 Å². The van der Waals surface area contributed by atoms with Crippen LogP contribution in [0.5, 0.6) is 0 Å². The monoisotopic (exact) mass is 545 g/mol. The number of carboxylic acids is 2. The van der Waals surface area contributed by atoms with Crippen LogP contribution in [-0.4, -0.2) is 83.5 Å². The van der Waals surface area contributed by atoms with Crippen LogP contribution in [0, 0.1) is 0 Å². The quantitative estimate of drug-likeness (QED) is 0.106. The van der Waals surface area contributed by atoms with Crippen LogP contribution < -0.4 is 0 Å². The second-order valence-corrected chi connectivity index (χ2v) is 10.8. The Hall–Kier alpha value is -1.40. The highest BCUT2D eigenvalue weighted by Crippen LogP contribution is 2.15. The van der Waals surface area contributed by atoms with Gasteiger partial charge in [0.25, 0.3) is 0 Å². The fraction of sp³-hybridized carbons (Fsp3) is 0.875. The number of unbranched alkanes of at least 4 members (excludes halogenated alkanes) is 6. The molecule has 0 fully saturated rings. The minimum atomic E-state index is -1.26. The molecule has 2 N–H and O–H groups in total. The van der Waals surface area contributed by atoms with Crippen LogP contribution >= 0.6 is 0 Å². The Morgan fingerprint density at radius 2 is 0.632 bits per heavy atom. The molecule has 0 amide bonds. The van der Waals surface area contributed by atoms with Crippen LogP contribution in [0.25, 0.3) is 0 Å². The van der Waals surface area contributed by atoms with Gasteiger partial charge in [-0.15, -0.1) is 0 Å². The maximum Gasteiger partial charge on any atom is 0.328 e. The normalized spacial score (nSPS) is 11.5. The van der Waals surface area contributed by atoms with Gasteiger partial charge in [-0.2, -0.15) is 0 Å². The molecule has 0 saturated carbocycles. The lowest BCUT2D eigenvalue weighted by Crippen LogP contribution is -2.49. The van der Waals surface area contributed by atoms with Gasteiger partial charge >= 0.3 is 11.9 Å². The molecule has 6 heteroatoms. The van der Waals surface area contributed by atoms with Gasteiger partial charge in [0, 0.05) is 12.2 Å². The highest BCUT2D eigenvalue weighted by molar-refractivity contribution is 5.89. The van der Waals surface area contributed by atoms with Crippen LogP contribution in [0.4, 0.5) is 0 Å². The lowest BCUT2D eigenvalue weighted by Gasteiger charge is -2.38. The molecule has 0 aromatic heterocycles. The second-order valence-electron chi connectivity index (χ2n) is 10.8. The molecule has 0 aliphatic rings. The number of rotatable bonds is 22. The topological polar surface area (TPSA) is 74.6 Å². The van der Waals surface area contributed by atoms with Crippen molar-refractivity contribution in [2.24, 2.45) is 0 Å². The molecule has 0 rings (SSSR count). The van der Waals surface area contributed by atoms with Gasteiger partial charge in [0.15, 0.2) is 0 Å². The first-order chi connectivity index (χ1) is 18.1. The zero-order valence-corrected chi connectivity index (χ0v) is 26.9. The fourth-order valence-corrected chi connectivity index (χ4v) is 4.72. The zero-order valence-electron chi connectivity index (χ0n) is 26.9. The number of hydrogen-bond acceptors (Lipinski definition) is 2. The largest absolute Gasteiger partial charge is 0.478 e. The number of quaternary nitrogens is 2. The molecule has 0 bridgehead atoms. The molecule has 0 aliphatic heterocycles. The number of carbonyl (C=O) groups is 2. The minimum absolute atomic E-state index is 0.558. The van der Waals surface area contributed by atoms with Crippen molar-refractivity contribution in [3.05, 3.63) is 12.2 Å². The third-order valence-electron chi connectivity index (χ3n) is 7.63. The standard InChI is InChI=1S/2C14H32N.C4H4O4/c2*1-5-9-12-15(8-4,13-10-6-2)14-11-7-3;5-3(6)1-2-4(7)8/h2*5-14H2,1-4H3;1-2H,(H,5,6)(H,7,8)/q2*+1;/b;;2-1+. The maximum absolute atomic E-state index is 9.55. The van der Waals surface area contributed by atoms with Gasteiger partial charge in [-0.25, -0.2) is 9.59 Å². The predicted molar refractivity (Wildman–Crippen MR) is 165 cm³/mol. The summed E-state index contributed by atoms with van der Waals surface area (Å²) in [4.78, 5) is 19.1. The van der Waals surface area contributed by atoms with Crippen LogP contribution in [0.1, 0.15) is 132 Å². The summed E-state index contributed by atoms with van der Waals surface area (Å²) >= 11 is 0. The first-order valence-corrected chi connectivity index (χ1v) is 16.0. The molecule has 0 radical (unpaired) electrons. The summed E-state index contributed by atoms with van der Waals surface area (Å²) < 4.78 is 2.77. The van der Waals surface area contributed by atoms with E-state index in [4.69, 9.17) is 10.2 Å². The molecule has 0 heterocycles. The molecule has 0 aromatic carbocycles. The van der Waals surface area contributed by atoms with Crippen molar-refractivity contribution in [2.75, 3.05) is 52.4 Å². The van der Waals surface area contributed by atoms with Crippen molar-refractivity contribution in [1.29, 1.82) is 0 Å². The van der Waals surface area contributed by atoms with Crippen molar-refractivity contribution < 1.29 is 28.8 Å². The third kappa shape index (κ3) is 24.9. The molecule has 0 saturated heterocycles. The highest BCUT2D eigenvalue weighted by atomic mass is 16.4. The summed E-state index contributed by atoms with van der Waals surface area (Å²) in [5, 5.41) is 15.6. The number of carboxylic acid groups (broad SMARTS) is 2. The lowest BCUT2D eigenvalue weighted by atomic mass is 10.1. The molecule has 0 unspecified atom stereocenters. The van der Waals surface area contributed by atoms with Gasteiger partial charge in [0.05, 0.1) is 52.4 Å². The Labute approximate surface area is 237 Å². The van der Waals surface area contributed by atoms with E-state index in [0.29, 0.717) is 12.2 Å². The summed E-state index contributed by atoms with van der Waals surface area (Å²) in [5.74, 6) is -2.51. The van der Waals surface area contributed by atoms with E-state index in [2.05, 4.69) is 55.4 Å². The molecule has 0 aliphatic carbocycles. The number of nitrogens with zero attached hydrogens (tertiary/aromatic N) is 2. The van der Waals surface area contributed by atoms with Gasteiger partial charge in [0.1, 0.15) is 0 Å². The first kappa shape index (κ1) is 41.1. The zero-order chi connectivity index (χ0) is 29.7. The van der Waals surface area contributed by atoms with E-state index in [-0.39, 0.29) is 0 Å². The minimum Gasteiger partial charge on any atom is -0.478 e. The molecular weight excluding hydrogens is 476 g/mol. The van der Waals surface area contributed by atoms with E-state index >= 15 is 0 Å². The highest BCUT2D eigenvalue weighted by Gasteiger charge is 2.23. The molecule has 228 valence electrons. The van der Waals surface area contributed by atoms with E-state index < -0.39 is 11.9 Å². The Morgan fingerprint density at radius 3 is 0.737 bits per heavy atom. The van der Waals surface area contributed by atoms with Crippen molar-refractivity contribution >= 4 is 11.9 Å². The molecule has 6 nitrogen and oxygen atoms in total. The van der Waals surface area contributed by atoms with Crippen LogP contribution in [0.15, 0.2) is 12.2 Å². The van der Waals surface area contributed by atoms with Crippen LogP contribution in [0.2, 0.25) is 0 Å². The summed E-state index contributed by atoms with van der Waals surface area (Å²) in [5.41, 5.74) is 0. The maximum atomic E-state index is 9.55. The van der Waals surface area contributed by atoms with Crippen molar-refractivity contribution in [2.45, 2.75) is 132 Å². The molecule has 0 aromatic rings. The van der Waals surface area contributed by atoms with Gasteiger partial charge in [-0.3, -0.25) is 0 Å². The predicted octanol–water partition coefficient (Wildman–Crippen LogP) is 8.16. The molecule has 0 atom stereocenters. The number of aliphatic carboxylic acids is 2. The van der Waals surface area contributed by atoms with Crippen LogP contribution in [-0.2, 0) is 9.59 Å². The van der Waals surface area contributed by atoms with E-state index in [0.717, 1.165) is 0 Å². The lowest BCUT2D eigenvalue weighted by molar-refractivity contribution is -0.927. The Balaban J connectivity index is -0.000000508. The molecular formula is C32H68N2O4+2. The average molecular weight is 545 g/mol. The Kier molecular flexibility index (Phi) is 30.9. The number of hydrogen-bond donors (Lipinski definition) is 2. The summed E-state index contributed by atoms with van der Waals surface area (Å²) in [6.45, 7) is 29.7. The van der Waals surface area contributed by atoms with Gasteiger partial charge < -0.3 is 19.2 Å². The van der Waals surface area contributed by atoms with Gasteiger partial charge in [-0.1, -0.05) is 80.1 Å². The van der Waals surface area contributed by atoms with Crippen LogP contribution in [0.3, 0.4) is 0 Å². The Bertz CT molecular complexity index is 472. The summed E-state index contributed by atoms with van der Waals surface area (Å²) in [6, 6.07) is 0. The second kappa shape index (κ2) is 28.6. The van der Waals surface area contributed by atoms with Crippen molar-refractivity contribution in [3.8, 4) is 0 Å².